The lowest BCUT2D eigenvalue weighted by Crippen LogP contribution is -2.08. The highest BCUT2D eigenvalue weighted by Crippen LogP contribution is 2.18. The molecule has 1 rings (SSSR count). The van der Waals surface area contributed by atoms with E-state index in [1.807, 2.05) is 5.40 Å². The first-order valence-electron chi connectivity index (χ1n) is 4.50. The first-order chi connectivity index (χ1) is 8.11. The van der Waals surface area contributed by atoms with E-state index in [-0.39, 0.29) is 0 Å². The van der Waals surface area contributed by atoms with E-state index in [0.29, 0.717) is 5.69 Å². The van der Waals surface area contributed by atoms with Crippen molar-refractivity contribution in [2.45, 2.75) is 4.90 Å². The van der Waals surface area contributed by atoms with Gasteiger partial charge in [0.25, 0.3) is 0 Å². The molecule has 0 saturated heterocycles. The molecule has 0 heterocycles. The maximum absolute atomic E-state index is 11.2. The molecule has 86 valence electrons. The lowest BCUT2D eigenvalue weighted by Gasteiger charge is -2.01. The van der Waals surface area contributed by atoms with Crippen LogP contribution < -0.4 is 5.32 Å². The molecule has 0 aromatic heterocycles. The van der Waals surface area contributed by atoms with Crippen LogP contribution in [0.1, 0.15) is 0 Å². The van der Waals surface area contributed by atoms with Gasteiger partial charge in [0, 0.05) is 22.7 Å². The fourth-order valence-electron chi connectivity index (χ4n) is 0.990. The molecule has 5 nitrogen and oxygen atoms in total. The van der Waals surface area contributed by atoms with Crippen molar-refractivity contribution in [3.05, 3.63) is 36.4 Å². The zero-order chi connectivity index (χ0) is 12.7. The van der Waals surface area contributed by atoms with Crippen molar-refractivity contribution in [1.82, 2.24) is 0 Å². The molecule has 0 spiro atoms. The summed E-state index contributed by atoms with van der Waals surface area (Å²) in [5.74, 6) is -1.70. The highest BCUT2D eigenvalue weighted by molar-refractivity contribution is 8.03. The number of hydrogen-bond acceptors (Lipinski definition) is 4. The number of benzene rings is 1. The van der Waals surface area contributed by atoms with Crippen molar-refractivity contribution in [3.63, 3.8) is 0 Å². The average Bonchev–Trinajstić information content (AvgIpc) is 2.29. The lowest BCUT2D eigenvalue weighted by atomic mass is 10.3. The van der Waals surface area contributed by atoms with E-state index in [1.54, 1.807) is 24.3 Å². The van der Waals surface area contributed by atoms with Crippen LogP contribution in [0, 0.1) is 10.7 Å². The number of carboxylic acids is 1. The van der Waals surface area contributed by atoms with E-state index in [4.69, 9.17) is 10.4 Å². The molecule has 1 aromatic rings. The van der Waals surface area contributed by atoms with Crippen molar-refractivity contribution >= 4 is 29.3 Å². The minimum Gasteiger partial charge on any atom is -0.478 e. The summed E-state index contributed by atoms with van der Waals surface area (Å²) in [6.07, 6.45) is 1.69. The molecular formula is C11H8N2O3S. The fourth-order valence-corrected chi connectivity index (χ4v) is 1.37. The normalized spacial score (nSPS) is 9.82. The number of carbonyl (C=O) groups is 2. The molecule has 0 unspecified atom stereocenters. The molecule has 0 fully saturated rings. The summed E-state index contributed by atoms with van der Waals surface area (Å²) in [6, 6.07) is 6.63. The molecule has 0 aliphatic carbocycles. The average molecular weight is 248 g/mol. The molecule has 0 aliphatic heterocycles. The number of carboxylic acid groups (broad SMARTS) is 1. The third kappa shape index (κ3) is 4.86. The summed E-state index contributed by atoms with van der Waals surface area (Å²) in [6.45, 7) is 0. The predicted molar refractivity (Wildman–Crippen MR) is 63.3 cm³/mol. The third-order valence-corrected chi connectivity index (χ3v) is 2.26. The van der Waals surface area contributed by atoms with Crippen LogP contribution in [0.25, 0.3) is 0 Å². The Morgan fingerprint density at radius 1 is 1.29 bits per heavy atom. The SMILES string of the molecule is N#CSc1ccc(NC(=O)/C=C\C(=O)O)cc1. The van der Waals surface area contributed by atoms with Crippen molar-refractivity contribution < 1.29 is 14.7 Å². The highest BCUT2D eigenvalue weighted by Gasteiger charge is 1.99. The molecule has 17 heavy (non-hydrogen) atoms. The number of aliphatic carboxylic acids is 1. The van der Waals surface area contributed by atoms with Gasteiger partial charge in [-0.3, -0.25) is 4.79 Å². The number of hydrogen-bond donors (Lipinski definition) is 2. The van der Waals surface area contributed by atoms with Crippen LogP contribution in [0.15, 0.2) is 41.3 Å². The molecule has 0 saturated carbocycles. The Morgan fingerprint density at radius 2 is 1.94 bits per heavy atom. The van der Waals surface area contributed by atoms with Gasteiger partial charge in [-0.25, -0.2) is 4.79 Å². The van der Waals surface area contributed by atoms with Crippen molar-refractivity contribution in [1.29, 1.82) is 5.26 Å². The van der Waals surface area contributed by atoms with Crippen LogP contribution in [-0.4, -0.2) is 17.0 Å². The van der Waals surface area contributed by atoms with Crippen molar-refractivity contribution in [2.24, 2.45) is 0 Å². The molecule has 0 bridgehead atoms. The quantitative estimate of drug-likeness (QED) is 0.482. The van der Waals surface area contributed by atoms with Gasteiger partial charge in [0.05, 0.1) is 0 Å². The number of anilines is 1. The largest absolute Gasteiger partial charge is 0.478 e. The number of nitriles is 1. The molecule has 6 heteroatoms. The molecule has 2 N–H and O–H groups in total. The van der Waals surface area contributed by atoms with E-state index in [9.17, 15) is 9.59 Å². The van der Waals surface area contributed by atoms with Crippen molar-refractivity contribution in [3.8, 4) is 5.40 Å². The van der Waals surface area contributed by atoms with Gasteiger partial charge in [0.15, 0.2) is 0 Å². The number of thiocyanates is 1. The van der Waals surface area contributed by atoms with Crippen LogP contribution >= 0.6 is 11.8 Å². The Kier molecular flexibility index (Phi) is 4.78. The number of carbonyl (C=O) groups excluding carboxylic acids is 1. The van der Waals surface area contributed by atoms with Crippen LogP contribution in [-0.2, 0) is 9.59 Å². The Bertz CT molecular complexity index is 488. The Balaban J connectivity index is 2.60. The zero-order valence-corrected chi connectivity index (χ0v) is 9.40. The maximum atomic E-state index is 11.2. The second-order valence-corrected chi connectivity index (χ2v) is 3.74. The smallest absolute Gasteiger partial charge is 0.328 e. The molecule has 1 amide bonds. The minimum atomic E-state index is -1.18. The standard InChI is InChI=1S/C11H8N2O3S/c12-7-17-9-3-1-8(2-4-9)13-10(14)5-6-11(15)16/h1-6H,(H,13,14)(H,15,16)/b6-5-. The number of thioether (sulfide) groups is 1. The van der Waals surface area contributed by atoms with Gasteiger partial charge < -0.3 is 10.4 Å². The van der Waals surface area contributed by atoms with Gasteiger partial charge in [0.2, 0.25) is 5.91 Å². The van der Waals surface area contributed by atoms with Gasteiger partial charge in [0.1, 0.15) is 5.40 Å². The van der Waals surface area contributed by atoms with Crippen LogP contribution in [0.2, 0.25) is 0 Å². The number of nitrogens with one attached hydrogen (secondary N) is 1. The first-order valence-corrected chi connectivity index (χ1v) is 5.31. The van der Waals surface area contributed by atoms with Gasteiger partial charge in [-0.05, 0) is 36.0 Å². The Morgan fingerprint density at radius 3 is 2.47 bits per heavy atom. The van der Waals surface area contributed by atoms with Gasteiger partial charge in [-0.2, -0.15) is 5.26 Å². The summed E-state index contributed by atoms with van der Waals surface area (Å²) >= 11 is 1.02. The van der Waals surface area contributed by atoms with E-state index in [2.05, 4.69) is 5.32 Å². The van der Waals surface area contributed by atoms with Crippen LogP contribution in [0.5, 0.6) is 0 Å². The maximum Gasteiger partial charge on any atom is 0.328 e. The molecule has 1 aromatic carbocycles. The number of rotatable bonds is 4. The third-order valence-electron chi connectivity index (χ3n) is 1.66. The second kappa shape index (κ2) is 6.35. The van der Waals surface area contributed by atoms with E-state index in [0.717, 1.165) is 28.8 Å². The zero-order valence-electron chi connectivity index (χ0n) is 8.58. The summed E-state index contributed by atoms with van der Waals surface area (Å²) in [5, 5.41) is 21.2. The van der Waals surface area contributed by atoms with Gasteiger partial charge >= 0.3 is 5.97 Å². The number of amides is 1. The molecule has 0 aliphatic rings. The van der Waals surface area contributed by atoms with Crippen LogP contribution in [0.3, 0.4) is 0 Å². The van der Waals surface area contributed by atoms with Crippen molar-refractivity contribution in [2.75, 3.05) is 5.32 Å². The molecule has 0 radical (unpaired) electrons. The predicted octanol–water partition coefficient (Wildman–Crippen LogP) is 1.84. The van der Waals surface area contributed by atoms with E-state index >= 15 is 0 Å². The summed E-state index contributed by atoms with van der Waals surface area (Å²) in [7, 11) is 0. The summed E-state index contributed by atoms with van der Waals surface area (Å²) in [5.41, 5.74) is 0.535. The summed E-state index contributed by atoms with van der Waals surface area (Å²) in [4.78, 5) is 22.2. The minimum absolute atomic E-state index is 0.520. The second-order valence-electron chi connectivity index (χ2n) is 2.88. The highest BCUT2D eigenvalue weighted by atomic mass is 32.2. The monoisotopic (exact) mass is 248 g/mol. The fraction of sp³-hybridized carbons (Fsp3) is 0. The topological polar surface area (TPSA) is 90.2 Å². The van der Waals surface area contributed by atoms with Gasteiger partial charge in [-0.1, -0.05) is 0 Å². The molecule has 0 atom stereocenters. The Hall–Kier alpha value is -2.26. The summed E-state index contributed by atoms with van der Waals surface area (Å²) < 4.78 is 0. The van der Waals surface area contributed by atoms with E-state index in [1.165, 1.54) is 0 Å². The van der Waals surface area contributed by atoms with E-state index < -0.39 is 11.9 Å². The number of nitrogens with zero attached hydrogens (tertiary/aromatic N) is 1. The molecular weight excluding hydrogens is 240 g/mol. The first kappa shape index (κ1) is 12.8. The van der Waals surface area contributed by atoms with Crippen LogP contribution in [0.4, 0.5) is 5.69 Å². The van der Waals surface area contributed by atoms with Gasteiger partial charge in [-0.15, -0.1) is 0 Å². The lowest BCUT2D eigenvalue weighted by molar-refractivity contribution is -0.131. The Labute approximate surface area is 102 Å².